The molecule has 2 nitrogen and oxygen atoms in total. The Labute approximate surface area is 88.5 Å². The SMILES string of the molecule is C=CCl.C=COC(=O)c1ccccc1. The molecule has 0 N–H and O–H groups in total. The van der Waals surface area contributed by atoms with Crippen LogP contribution in [0.1, 0.15) is 10.4 Å². The molecule has 1 aromatic carbocycles. The Bertz CT molecular complexity index is 293. The molecule has 0 heterocycles. The summed E-state index contributed by atoms with van der Waals surface area (Å²) in [4.78, 5) is 11.0. The van der Waals surface area contributed by atoms with Crippen molar-refractivity contribution in [3.05, 3.63) is 60.9 Å². The molecule has 0 saturated carbocycles. The van der Waals surface area contributed by atoms with Crippen LogP contribution in [-0.2, 0) is 4.74 Å². The summed E-state index contributed by atoms with van der Waals surface area (Å²) in [6.45, 7) is 6.41. The topological polar surface area (TPSA) is 26.3 Å². The molecule has 0 amide bonds. The molecule has 0 aliphatic rings. The van der Waals surface area contributed by atoms with E-state index in [0.717, 1.165) is 6.26 Å². The third-order valence-corrected chi connectivity index (χ3v) is 1.20. The Balaban J connectivity index is 0.000000500. The van der Waals surface area contributed by atoms with Crippen molar-refractivity contribution in [1.82, 2.24) is 0 Å². The van der Waals surface area contributed by atoms with Crippen LogP contribution in [0.2, 0.25) is 0 Å². The standard InChI is InChI=1S/C9H8O2.C2H3Cl/c1-2-11-9(10)8-6-4-3-5-7-8;1-2-3/h2-7H,1H2;2H,1H2. The first-order chi connectivity index (χ1) is 6.76. The van der Waals surface area contributed by atoms with Crippen molar-refractivity contribution in [2.75, 3.05) is 0 Å². The molecule has 0 spiro atoms. The summed E-state index contributed by atoms with van der Waals surface area (Å²) >= 11 is 4.76. The van der Waals surface area contributed by atoms with Gasteiger partial charge >= 0.3 is 5.97 Å². The Hall–Kier alpha value is -1.54. The van der Waals surface area contributed by atoms with Crippen molar-refractivity contribution >= 4 is 17.6 Å². The van der Waals surface area contributed by atoms with Gasteiger partial charge in [0.25, 0.3) is 0 Å². The fraction of sp³-hybridized carbons (Fsp3) is 0. The van der Waals surface area contributed by atoms with Crippen molar-refractivity contribution < 1.29 is 9.53 Å². The Morgan fingerprint density at radius 2 is 1.79 bits per heavy atom. The van der Waals surface area contributed by atoms with Crippen LogP contribution in [0.3, 0.4) is 0 Å². The Morgan fingerprint density at radius 3 is 2.21 bits per heavy atom. The fourth-order valence-electron chi connectivity index (χ4n) is 0.718. The number of benzene rings is 1. The van der Waals surface area contributed by atoms with Crippen molar-refractivity contribution in [2.45, 2.75) is 0 Å². The van der Waals surface area contributed by atoms with Gasteiger partial charge in [0.2, 0.25) is 0 Å². The van der Waals surface area contributed by atoms with Crippen LogP contribution < -0.4 is 0 Å². The predicted molar refractivity (Wildman–Crippen MR) is 58.1 cm³/mol. The summed E-state index contributed by atoms with van der Waals surface area (Å²) in [5.74, 6) is -0.374. The van der Waals surface area contributed by atoms with Gasteiger partial charge in [-0.1, -0.05) is 43.0 Å². The monoisotopic (exact) mass is 210 g/mol. The molecule has 0 unspecified atom stereocenters. The van der Waals surface area contributed by atoms with E-state index in [2.05, 4.69) is 17.9 Å². The highest BCUT2D eigenvalue weighted by Crippen LogP contribution is 2.00. The molecule has 0 saturated heterocycles. The van der Waals surface area contributed by atoms with Gasteiger partial charge in [0, 0.05) is 0 Å². The number of hydrogen-bond acceptors (Lipinski definition) is 2. The molecular weight excluding hydrogens is 200 g/mol. The van der Waals surface area contributed by atoms with E-state index in [4.69, 9.17) is 11.6 Å². The van der Waals surface area contributed by atoms with E-state index in [1.165, 1.54) is 5.54 Å². The second-order valence-corrected chi connectivity index (χ2v) is 2.40. The van der Waals surface area contributed by atoms with E-state index in [1.54, 1.807) is 24.3 Å². The van der Waals surface area contributed by atoms with E-state index in [-0.39, 0.29) is 5.97 Å². The molecule has 0 atom stereocenters. The van der Waals surface area contributed by atoms with Crippen LogP contribution in [0, 0.1) is 0 Å². The lowest BCUT2D eigenvalue weighted by Crippen LogP contribution is -1.98. The van der Waals surface area contributed by atoms with Crippen molar-refractivity contribution in [2.24, 2.45) is 0 Å². The van der Waals surface area contributed by atoms with Gasteiger partial charge < -0.3 is 4.74 Å². The minimum atomic E-state index is -0.374. The van der Waals surface area contributed by atoms with E-state index in [9.17, 15) is 4.79 Å². The number of hydrogen-bond donors (Lipinski definition) is 0. The number of halogens is 1. The highest BCUT2D eigenvalue weighted by atomic mass is 35.5. The molecule has 0 bridgehead atoms. The highest BCUT2D eigenvalue weighted by molar-refractivity contribution is 6.25. The molecule has 74 valence electrons. The third kappa shape index (κ3) is 5.17. The quantitative estimate of drug-likeness (QED) is 0.553. The maximum atomic E-state index is 11.0. The van der Waals surface area contributed by atoms with E-state index in [0.29, 0.717) is 5.56 Å². The van der Waals surface area contributed by atoms with Crippen molar-refractivity contribution in [3.8, 4) is 0 Å². The van der Waals surface area contributed by atoms with Gasteiger partial charge in [0.05, 0.1) is 11.8 Å². The van der Waals surface area contributed by atoms with Gasteiger partial charge in [-0.3, -0.25) is 0 Å². The number of carbonyl (C=O) groups excluding carboxylic acids is 1. The zero-order chi connectivity index (χ0) is 10.8. The molecule has 14 heavy (non-hydrogen) atoms. The number of rotatable bonds is 2. The molecule has 0 aromatic heterocycles. The molecule has 0 fully saturated rings. The minimum absolute atomic E-state index is 0.374. The van der Waals surface area contributed by atoms with Crippen LogP contribution in [0.4, 0.5) is 0 Å². The van der Waals surface area contributed by atoms with Gasteiger partial charge in [-0.2, -0.15) is 0 Å². The summed E-state index contributed by atoms with van der Waals surface area (Å²) < 4.78 is 4.55. The first-order valence-electron chi connectivity index (χ1n) is 3.84. The summed E-state index contributed by atoms with van der Waals surface area (Å²) in [5, 5.41) is 0. The van der Waals surface area contributed by atoms with Crippen LogP contribution in [0.5, 0.6) is 0 Å². The maximum absolute atomic E-state index is 11.0. The number of esters is 1. The molecule has 1 aromatic rings. The molecule has 3 heteroatoms. The third-order valence-electron chi connectivity index (χ3n) is 1.20. The zero-order valence-electron chi connectivity index (χ0n) is 7.65. The lowest BCUT2D eigenvalue weighted by Gasteiger charge is -1.96. The van der Waals surface area contributed by atoms with E-state index >= 15 is 0 Å². The summed E-state index contributed by atoms with van der Waals surface area (Å²) in [6.07, 6.45) is 1.12. The average molecular weight is 211 g/mol. The lowest BCUT2D eigenvalue weighted by atomic mass is 10.2. The van der Waals surface area contributed by atoms with Crippen molar-refractivity contribution in [1.29, 1.82) is 0 Å². The van der Waals surface area contributed by atoms with Crippen LogP contribution in [-0.4, -0.2) is 5.97 Å². The van der Waals surface area contributed by atoms with Crippen LogP contribution >= 0.6 is 11.6 Å². The van der Waals surface area contributed by atoms with Gasteiger partial charge in [-0.05, 0) is 17.7 Å². The first-order valence-corrected chi connectivity index (χ1v) is 4.28. The second-order valence-electron chi connectivity index (χ2n) is 2.09. The van der Waals surface area contributed by atoms with Crippen LogP contribution in [0.25, 0.3) is 0 Å². The van der Waals surface area contributed by atoms with Gasteiger partial charge in [0.15, 0.2) is 0 Å². The van der Waals surface area contributed by atoms with Crippen LogP contribution in [0.15, 0.2) is 55.3 Å². The predicted octanol–water partition coefficient (Wildman–Crippen LogP) is 3.36. The maximum Gasteiger partial charge on any atom is 0.342 e. The molecular formula is C11H11ClO2. The Kier molecular flexibility index (Phi) is 7.19. The normalized spacial score (nSPS) is 7.79. The minimum Gasteiger partial charge on any atom is -0.432 e. The largest absolute Gasteiger partial charge is 0.432 e. The number of carbonyl (C=O) groups is 1. The first kappa shape index (κ1) is 12.5. The summed E-state index contributed by atoms with van der Waals surface area (Å²) in [6, 6.07) is 8.77. The van der Waals surface area contributed by atoms with Crippen molar-refractivity contribution in [3.63, 3.8) is 0 Å². The van der Waals surface area contributed by atoms with Gasteiger partial charge in [0.1, 0.15) is 0 Å². The molecule has 0 aliphatic carbocycles. The number of ether oxygens (including phenoxy) is 1. The Morgan fingerprint density at radius 1 is 1.29 bits per heavy atom. The average Bonchev–Trinajstić information content (AvgIpc) is 2.21. The molecule has 0 aliphatic heterocycles. The second kappa shape index (κ2) is 8.08. The van der Waals surface area contributed by atoms with Gasteiger partial charge in [-0.25, -0.2) is 4.79 Å². The fourth-order valence-corrected chi connectivity index (χ4v) is 0.718. The highest BCUT2D eigenvalue weighted by Gasteiger charge is 2.01. The van der Waals surface area contributed by atoms with Gasteiger partial charge in [-0.15, -0.1) is 0 Å². The summed E-state index contributed by atoms with van der Waals surface area (Å²) in [5.41, 5.74) is 1.76. The van der Waals surface area contributed by atoms with E-state index < -0.39 is 0 Å². The lowest BCUT2D eigenvalue weighted by molar-refractivity contribution is 0.0664. The smallest absolute Gasteiger partial charge is 0.342 e. The summed E-state index contributed by atoms with van der Waals surface area (Å²) in [7, 11) is 0. The molecule has 0 radical (unpaired) electrons. The van der Waals surface area contributed by atoms with E-state index in [1.807, 2.05) is 6.07 Å². The molecule has 1 rings (SSSR count). The zero-order valence-corrected chi connectivity index (χ0v) is 8.41.